The van der Waals surface area contributed by atoms with Crippen LogP contribution in [0.1, 0.15) is 38.8 Å². The van der Waals surface area contributed by atoms with Crippen molar-refractivity contribution in [2.45, 2.75) is 33.2 Å². The molecule has 1 aliphatic heterocycles. The van der Waals surface area contributed by atoms with E-state index >= 15 is 0 Å². The summed E-state index contributed by atoms with van der Waals surface area (Å²) >= 11 is 7.65. The molecule has 1 amide bonds. The Bertz CT molecular complexity index is 1340. The number of rotatable bonds is 5. The number of carbonyl (C=O) groups is 1. The lowest BCUT2D eigenvalue weighted by molar-refractivity contribution is -0.116. The number of amidine groups is 1. The number of nitrogens with zero attached hydrogens (tertiary/aromatic N) is 2. The van der Waals surface area contributed by atoms with Crippen molar-refractivity contribution < 1.29 is 9.21 Å². The first-order valence-corrected chi connectivity index (χ1v) is 12.3. The molecule has 0 radical (unpaired) electrons. The average molecular weight is 509 g/mol. The van der Waals surface area contributed by atoms with Crippen LogP contribution >= 0.6 is 23.4 Å². The number of amides is 1. The Labute approximate surface area is 212 Å². The smallest absolute Gasteiger partial charge is 0.302 e. The van der Waals surface area contributed by atoms with Gasteiger partial charge in [0.1, 0.15) is 11.6 Å². The Morgan fingerprint density at radius 1 is 1.26 bits per heavy atom. The van der Waals surface area contributed by atoms with Gasteiger partial charge < -0.3 is 15.1 Å². The molecule has 0 fully saturated rings. The highest BCUT2D eigenvalue weighted by Gasteiger charge is 2.31. The van der Waals surface area contributed by atoms with Crippen LogP contribution in [-0.2, 0) is 4.79 Å². The van der Waals surface area contributed by atoms with Crippen molar-refractivity contribution >= 4 is 57.5 Å². The second-order valence-electron chi connectivity index (χ2n) is 7.90. The molecule has 0 saturated heterocycles. The minimum Gasteiger partial charge on any atom is -0.423 e. The Morgan fingerprint density at radius 3 is 2.74 bits per heavy atom. The van der Waals surface area contributed by atoms with Gasteiger partial charge in [-0.15, -0.1) is 0 Å². The fourth-order valence-electron chi connectivity index (χ4n) is 3.43. The number of carbonyl (C=O) groups excluding carboxylic acids is 1. The van der Waals surface area contributed by atoms with Gasteiger partial charge in [0.05, 0.1) is 5.57 Å². The molecule has 1 aromatic heterocycles. The van der Waals surface area contributed by atoms with Crippen LogP contribution in [0, 0.1) is 5.41 Å². The van der Waals surface area contributed by atoms with Gasteiger partial charge in [-0.05, 0) is 43.9 Å². The second-order valence-corrected chi connectivity index (χ2v) is 9.18. The zero-order valence-corrected chi connectivity index (χ0v) is 21.1. The van der Waals surface area contributed by atoms with Crippen LogP contribution in [0.25, 0.3) is 11.1 Å². The first-order chi connectivity index (χ1) is 16.9. The number of anilines is 1. The number of aliphatic imine (C=N–C) groups is 1. The summed E-state index contributed by atoms with van der Waals surface area (Å²) in [5.74, 6) is -0.0638. The van der Waals surface area contributed by atoms with Gasteiger partial charge in [0, 0.05) is 16.3 Å². The summed E-state index contributed by atoms with van der Waals surface area (Å²) in [7, 11) is 0. The monoisotopic (exact) mass is 508 g/mol. The number of hydrogen-bond acceptors (Lipinski definition) is 8. The molecular formula is C25H25ClN6O2S. The maximum atomic E-state index is 13.3. The topological polar surface area (TPSA) is 115 Å². The molecule has 10 heteroatoms. The van der Waals surface area contributed by atoms with E-state index < -0.39 is 11.9 Å². The maximum absolute atomic E-state index is 13.3. The zero-order valence-electron chi connectivity index (χ0n) is 19.5. The Kier molecular flexibility index (Phi) is 7.57. The van der Waals surface area contributed by atoms with Gasteiger partial charge in [-0.25, -0.2) is 4.99 Å². The molecule has 0 saturated carbocycles. The van der Waals surface area contributed by atoms with Crippen LogP contribution in [0.15, 0.2) is 80.2 Å². The number of halogens is 1. The number of guanidine groups is 1. The first kappa shape index (κ1) is 24.6. The van der Waals surface area contributed by atoms with E-state index in [0.717, 1.165) is 23.8 Å². The Hall–Kier alpha value is -3.56. The van der Waals surface area contributed by atoms with Crippen molar-refractivity contribution in [3.05, 3.63) is 81.4 Å². The largest absolute Gasteiger partial charge is 0.423 e. The minimum absolute atomic E-state index is 0.0281. The van der Waals surface area contributed by atoms with Crippen molar-refractivity contribution in [3.8, 4) is 0 Å². The third-order valence-electron chi connectivity index (χ3n) is 5.37. The van der Waals surface area contributed by atoms with Crippen molar-refractivity contribution in [2.24, 2.45) is 4.99 Å². The van der Waals surface area contributed by atoms with Gasteiger partial charge in [-0.3, -0.25) is 15.5 Å². The molecule has 35 heavy (non-hydrogen) atoms. The second kappa shape index (κ2) is 10.8. The number of fused-ring (bicyclic) bond motifs is 1. The van der Waals surface area contributed by atoms with Crippen molar-refractivity contribution in [3.63, 3.8) is 0 Å². The van der Waals surface area contributed by atoms with Crippen molar-refractivity contribution in [1.82, 2.24) is 15.6 Å². The van der Waals surface area contributed by atoms with Gasteiger partial charge in [-0.1, -0.05) is 66.2 Å². The molecule has 3 aromatic rings. The SMILES string of the molecule is CC/C(C)=C/SC(=N)NC(=O)C1=C(C)NC(Nc2nc3ccccc3o2)=NC1c1ccccc1Cl. The molecule has 1 atom stereocenters. The number of thioether (sulfide) groups is 1. The molecule has 2 heterocycles. The molecule has 8 nitrogen and oxygen atoms in total. The number of hydrogen-bond donors (Lipinski definition) is 4. The molecule has 4 rings (SSSR count). The predicted molar refractivity (Wildman–Crippen MR) is 143 cm³/mol. The Morgan fingerprint density at radius 2 is 2.00 bits per heavy atom. The summed E-state index contributed by atoms with van der Waals surface area (Å²) in [6, 6.07) is 14.2. The molecule has 180 valence electrons. The summed E-state index contributed by atoms with van der Waals surface area (Å²) in [4.78, 5) is 22.4. The number of benzene rings is 2. The van der Waals surface area contributed by atoms with E-state index in [1.807, 2.05) is 61.7 Å². The van der Waals surface area contributed by atoms with E-state index in [1.54, 1.807) is 13.0 Å². The molecule has 1 aliphatic rings. The van der Waals surface area contributed by atoms with Crippen molar-refractivity contribution in [2.75, 3.05) is 5.32 Å². The van der Waals surface area contributed by atoms with Crippen LogP contribution in [0.5, 0.6) is 0 Å². The summed E-state index contributed by atoms with van der Waals surface area (Å²) in [5, 5.41) is 19.4. The molecule has 0 bridgehead atoms. The third kappa shape index (κ3) is 5.75. The van der Waals surface area contributed by atoms with E-state index in [0.29, 0.717) is 38.9 Å². The van der Waals surface area contributed by atoms with E-state index in [9.17, 15) is 4.79 Å². The van der Waals surface area contributed by atoms with Crippen LogP contribution in [0.4, 0.5) is 6.01 Å². The number of nitrogens with one attached hydrogen (secondary N) is 4. The van der Waals surface area contributed by atoms with Crippen LogP contribution < -0.4 is 16.0 Å². The highest BCUT2D eigenvalue weighted by Crippen LogP contribution is 2.35. The van der Waals surface area contributed by atoms with Gasteiger partial charge in [0.25, 0.3) is 5.91 Å². The standard InChI is InChI=1S/C25H25ClN6O2S/c1-4-14(2)13-35-23(27)31-22(33)20-15(3)28-24(30-21(20)16-9-5-6-10-17(16)26)32-25-29-18-11-7-8-12-19(18)34-25/h5-13,21H,4H2,1-3H3,(H2,27,31,33)(H2,28,29,30,32)/b14-13+. The number of allylic oxidation sites excluding steroid dienone is 2. The van der Waals surface area contributed by atoms with Gasteiger partial charge in [0.15, 0.2) is 10.8 Å². The first-order valence-electron chi connectivity index (χ1n) is 11.0. The number of para-hydroxylation sites is 2. The third-order valence-corrected chi connectivity index (χ3v) is 6.57. The van der Waals surface area contributed by atoms with E-state index in [2.05, 4.69) is 20.9 Å². The summed E-state index contributed by atoms with van der Waals surface area (Å²) < 4.78 is 5.75. The van der Waals surface area contributed by atoms with E-state index in [4.69, 9.17) is 26.4 Å². The summed E-state index contributed by atoms with van der Waals surface area (Å²) in [5.41, 5.74) is 4.08. The van der Waals surface area contributed by atoms with Gasteiger partial charge >= 0.3 is 6.01 Å². The number of aromatic nitrogens is 1. The predicted octanol–water partition coefficient (Wildman–Crippen LogP) is 5.97. The highest BCUT2D eigenvalue weighted by atomic mass is 35.5. The lowest BCUT2D eigenvalue weighted by Crippen LogP contribution is -2.40. The fourth-order valence-corrected chi connectivity index (χ4v) is 4.30. The molecule has 4 N–H and O–H groups in total. The fraction of sp³-hybridized carbons (Fsp3) is 0.200. The molecule has 0 aliphatic carbocycles. The average Bonchev–Trinajstić information content (AvgIpc) is 3.24. The zero-order chi connectivity index (χ0) is 24.9. The molecule has 1 unspecified atom stereocenters. The number of oxazole rings is 1. The van der Waals surface area contributed by atoms with Crippen LogP contribution in [0.2, 0.25) is 5.02 Å². The minimum atomic E-state index is -0.706. The Balaban J connectivity index is 1.62. The van der Waals surface area contributed by atoms with Crippen LogP contribution in [-0.4, -0.2) is 22.0 Å². The molecule has 0 spiro atoms. The molecular weight excluding hydrogens is 484 g/mol. The lowest BCUT2D eigenvalue weighted by Gasteiger charge is -2.26. The van der Waals surface area contributed by atoms with E-state index in [-0.39, 0.29) is 11.2 Å². The quantitative estimate of drug-likeness (QED) is 0.249. The lowest BCUT2D eigenvalue weighted by atomic mass is 9.95. The maximum Gasteiger partial charge on any atom is 0.302 e. The normalized spacial score (nSPS) is 16.1. The van der Waals surface area contributed by atoms with Crippen molar-refractivity contribution in [1.29, 1.82) is 5.41 Å². The van der Waals surface area contributed by atoms with Gasteiger partial charge in [0.2, 0.25) is 5.96 Å². The summed E-state index contributed by atoms with van der Waals surface area (Å²) in [6.07, 6.45) is 0.877. The van der Waals surface area contributed by atoms with Gasteiger partial charge in [-0.2, -0.15) is 4.98 Å². The van der Waals surface area contributed by atoms with E-state index in [1.165, 1.54) is 0 Å². The highest BCUT2D eigenvalue weighted by molar-refractivity contribution is 8.16. The molecule has 2 aromatic carbocycles. The van der Waals surface area contributed by atoms with Crippen LogP contribution in [0.3, 0.4) is 0 Å². The summed E-state index contributed by atoms with van der Waals surface area (Å²) in [6.45, 7) is 5.79.